The zero-order chi connectivity index (χ0) is 15.4. The Morgan fingerprint density at radius 1 is 1.29 bits per heavy atom. The summed E-state index contributed by atoms with van der Waals surface area (Å²) < 4.78 is 5.67. The van der Waals surface area contributed by atoms with Crippen LogP contribution in [0.1, 0.15) is 23.6 Å². The number of halogens is 1. The van der Waals surface area contributed by atoms with E-state index in [1.165, 1.54) is 6.07 Å². The van der Waals surface area contributed by atoms with Gasteiger partial charge in [0.1, 0.15) is 12.4 Å². The molecule has 0 aromatic heterocycles. The van der Waals surface area contributed by atoms with Crippen LogP contribution in [0.5, 0.6) is 5.75 Å². The van der Waals surface area contributed by atoms with Gasteiger partial charge in [0.2, 0.25) is 0 Å². The molecule has 0 N–H and O–H groups in total. The molecule has 0 atom stereocenters. The summed E-state index contributed by atoms with van der Waals surface area (Å²) in [7, 11) is 0. The van der Waals surface area contributed by atoms with Gasteiger partial charge in [-0.1, -0.05) is 36.7 Å². The molecule has 0 amide bonds. The molecule has 0 radical (unpaired) electrons. The maximum atomic E-state index is 11.1. The molecule has 2 aromatic carbocycles. The minimum Gasteiger partial charge on any atom is -0.487 e. The van der Waals surface area contributed by atoms with Gasteiger partial charge >= 0.3 is 0 Å². The number of hydrogen-bond donors (Lipinski definition) is 0. The number of ether oxygens (including phenoxy) is 1. The Kier molecular flexibility index (Phi) is 4.81. The van der Waals surface area contributed by atoms with Crippen LogP contribution in [0.4, 0.5) is 5.69 Å². The van der Waals surface area contributed by atoms with Gasteiger partial charge in [0.05, 0.1) is 15.5 Å². The van der Waals surface area contributed by atoms with Crippen molar-refractivity contribution in [1.82, 2.24) is 0 Å². The maximum Gasteiger partial charge on any atom is 0.276 e. The molecule has 110 valence electrons. The molecule has 2 rings (SSSR count). The van der Waals surface area contributed by atoms with Crippen molar-refractivity contribution in [2.75, 3.05) is 0 Å². The van der Waals surface area contributed by atoms with Crippen molar-refractivity contribution in [3.05, 3.63) is 68.2 Å². The lowest BCUT2D eigenvalue weighted by Crippen LogP contribution is -2.04. The predicted octanol–water partition coefficient (Wildman–Crippen LogP) is 4.70. The highest BCUT2D eigenvalue weighted by atomic mass is 35.5. The molecule has 0 saturated heterocycles. The second-order valence-electron chi connectivity index (χ2n) is 4.75. The number of nitro groups is 1. The summed E-state index contributed by atoms with van der Waals surface area (Å²) in [4.78, 5) is 10.8. The van der Waals surface area contributed by atoms with E-state index in [9.17, 15) is 10.1 Å². The third-order valence-electron chi connectivity index (χ3n) is 3.29. The van der Waals surface area contributed by atoms with Crippen molar-refractivity contribution in [3.63, 3.8) is 0 Å². The number of nitro benzene ring substituents is 1. The van der Waals surface area contributed by atoms with Crippen LogP contribution < -0.4 is 4.74 Å². The van der Waals surface area contributed by atoms with Gasteiger partial charge in [-0.15, -0.1) is 0 Å². The van der Waals surface area contributed by atoms with Crippen LogP contribution >= 0.6 is 11.6 Å². The largest absolute Gasteiger partial charge is 0.487 e. The van der Waals surface area contributed by atoms with Gasteiger partial charge in [0, 0.05) is 6.07 Å². The fourth-order valence-electron chi connectivity index (χ4n) is 2.16. The second-order valence-corrected chi connectivity index (χ2v) is 5.16. The van der Waals surface area contributed by atoms with Crippen LogP contribution in [-0.2, 0) is 13.0 Å². The Morgan fingerprint density at radius 3 is 2.67 bits per heavy atom. The van der Waals surface area contributed by atoms with Crippen LogP contribution in [0.3, 0.4) is 0 Å². The zero-order valence-corrected chi connectivity index (χ0v) is 12.7. The van der Waals surface area contributed by atoms with E-state index < -0.39 is 0 Å². The first-order chi connectivity index (χ1) is 10.0. The first kappa shape index (κ1) is 15.3. The van der Waals surface area contributed by atoms with Crippen molar-refractivity contribution < 1.29 is 9.66 Å². The van der Waals surface area contributed by atoms with Gasteiger partial charge in [-0.25, -0.2) is 0 Å². The zero-order valence-electron chi connectivity index (χ0n) is 11.9. The van der Waals surface area contributed by atoms with Crippen LogP contribution in [0, 0.1) is 17.0 Å². The summed E-state index contributed by atoms with van der Waals surface area (Å²) in [5.74, 6) is 0.530. The Labute approximate surface area is 128 Å². The monoisotopic (exact) mass is 305 g/mol. The summed E-state index contributed by atoms with van der Waals surface area (Å²) in [5, 5.41) is 11.6. The summed E-state index contributed by atoms with van der Waals surface area (Å²) in [6, 6.07) is 10.5. The Morgan fingerprint density at radius 2 is 2.05 bits per heavy atom. The van der Waals surface area contributed by atoms with E-state index >= 15 is 0 Å². The van der Waals surface area contributed by atoms with E-state index in [0.717, 1.165) is 11.1 Å². The van der Waals surface area contributed by atoms with Gasteiger partial charge in [-0.3, -0.25) is 10.1 Å². The summed E-state index contributed by atoms with van der Waals surface area (Å²) in [6.07, 6.45) is 0.710. The van der Waals surface area contributed by atoms with Crippen molar-refractivity contribution in [1.29, 1.82) is 0 Å². The Balaban J connectivity index is 2.28. The molecule has 0 aliphatic rings. The summed E-state index contributed by atoms with van der Waals surface area (Å²) in [5.41, 5.74) is 2.62. The highest BCUT2D eigenvalue weighted by Gasteiger charge is 2.17. The van der Waals surface area contributed by atoms with Crippen LogP contribution in [0.25, 0.3) is 0 Å². The molecule has 0 fully saturated rings. The van der Waals surface area contributed by atoms with Crippen molar-refractivity contribution >= 4 is 17.3 Å². The van der Waals surface area contributed by atoms with Crippen LogP contribution in [-0.4, -0.2) is 4.92 Å². The van der Waals surface area contributed by atoms with E-state index in [1.807, 2.05) is 26.0 Å². The first-order valence-electron chi connectivity index (χ1n) is 6.67. The molecule has 0 saturated carbocycles. The molecule has 5 heteroatoms. The Hall–Kier alpha value is -2.07. The van der Waals surface area contributed by atoms with E-state index in [4.69, 9.17) is 16.3 Å². The van der Waals surface area contributed by atoms with Crippen LogP contribution in [0.15, 0.2) is 36.4 Å². The molecule has 0 heterocycles. The Bertz CT molecular complexity index is 671. The molecule has 4 nitrogen and oxygen atoms in total. The van der Waals surface area contributed by atoms with Gasteiger partial charge in [-0.2, -0.15) is 0 Å². The third-order valence-corrected chi connectivity index (χ3v) is 3.58. The van der Waals surface area contributed by atoms with E-state index in [2.05, 4.69) is 0 Å². The molecular weight excluding hydrogens is 290 g/mol. The SMILES string of the molecule is CCc1cccc([N+](=O)[O-])c1COc1ccc(C)cc1Cl. The average molecular weight is 306 g/mol. The molecule has 0 aliphatic carbocycles. The second kappa shape index (κ2) is 6.59. The highest BCUT2D eigenvalue weighted by molar-refractivity contribution is 6.32. The normalized spacial score (nSPS) is 10.4. The number of rotatable bonds is 5. The lowest BCUT2D eigenvalue weighted by molar-refractivity contribution is -0.385. The number of nitrogens with zero attached hydrogens (tertiary/aromatic N) is 1. The molecule has 0 aliphatic heterocycles. The highest BCUT2D eigenvalue weighted by Crippen LogP contribution is 2.29. The van der Waals surface area contributed by atoms with Gasteiger partial charge in [0.25, 0.3) is 5.69 Å². The van der Waals surface area contributed by atoms with Crippen molar-refractivity contribution in [2.45, 2.75) is 26.9 Å². The topological polar surface area (TPSA) is 52.4 Å². The van der Waals surface area contributed by atoms with Gasteiger partial charge in [-0.05, 0) is 36.6 Å². The fourth-order valence-corrected chi connectivity index (χ4v) is 2.45. The lowest BCUT2D eigenvalue weighted by Gasteiger charge is -2.12. The minimum atomic E-state index is -0.380. The van der Waals surface area contributed by atoms with E-state index in [1.54, 1.807) is 18.2 Å². The predicted molar refractivity (Wildman–Crippen MR) is 83.0 cm³/mol. The maximum absolute atomic E-state index is 11.1. The molecule has 0 spiro atoms. The third kappa shape index (κ3) is 3.52. The van der Waals surface area contributed by atoms with Crippen molar-refractivity contribution in [3.8, 4) is 5.75 Å². The number of aryl methyl sites for hydroxylation is 2. The lowest BCUT2D eigenvalue weighted by atomic mass is 10.0. The average Bonchev–Trinajstić information content (AvgIpc) is 2.45. The minimum absolute atomic E-state index is 0.0811. The molecule has 0 unspecified atom stereocenters. The summed E-state index contributed by atoms with van der Waals surface area (Å²) >= 11 is 6.11. The molecule has 2 aromatic rings. The van der Waals surface area contributed by atoms with E-state index in [0.29, 0.717) is 22.8 Å². The van der Waals surface area contributed by atoms with Crippen LogP contribution in [0.2, 0.25) is 5.02 Å². The fraction of sp³-hybridized carbons (Fsp3) is 0.250. The summed E-state index contributed by atoms with van der Waals surface area (Å²) in [6.45, 7) is 4.03. The van der Waals surface area contributed by atoms with Gasteiger partial charge in [0.15, 0.2) is 0 Å². The quantitative estimate of drug-likeness (QED) is 0.594. The first-order valence-corrected chi connectivity index (χ1v) is 7.04. The molecule has 0 bridgehead atoms. The van der Waals surface area contributed by atoms with E-state index in [-0.39, 0.29) is 17.2 Å². The number of hydrogen-bond acceptors (Lipinski definition) is 3. The molecular formula is C16H16ClNO3. The smallest absolute Gasteiger partial charge is 0.276 e. The van der Waals surface area contributed by atoms with Crippen molar-refractivity contribution in [2.24, 2.45) is 0 Å². The van der Waals surface area contributed by atoms with Gasteiger partial charge < -0.3 is 4.74 Å². The standard InChI is InChI=1S/C16H16ClNO3/c1-3-12-5-4-6-15(18(19)20)13(12)10-21-16-8-7-11(2)9-14(16)17/h4-9H,3,10H2,1-2H3. The molecule has 21 heavy (non-hydrogen) atoms. The number of benzene rings is 2.